The fourth-order valence-electron chi connectivity index (χ4n) is 2.29. The van der Waals surface area contributed by atoms with E-state index in [4.69, 9.17) is 9.47 Å². The molecule has 0 aliphatic rings. The van der Waals surface area contributed by atoms with Gasteiger partial charge in [-0.05, 0) is 38.6 Å². The molecule has 0 saturated heterocycles. The third-order valence-corrected chi connectivity index (χ3v) is 3.49. The fourth-order valence-corrected chi connectivity index (χ4v) is 2.29. The molecule has 1 N–H and O–H groups in total. The molecule has 4 heteroatoms. The number of hydrogen-bond acceptors (Lipinski definition) is 3. The molecular formula is C19H25NO3. The minimum absolute atomic E-state index is 0.109. The summed E-state index contributed by atoms with van der Waals surface area (Å²) in [5, 5.41) is 4.99. The highest BCUT2D eigenvalue weighted by molar-refractivity contribution is 5.89. The number of amides is 1. The molecule has 0 aliphatic carbocycles. The highest BCUT2D eigenvalue weighted by Gasteiger charge is 2.15. The second-order valence-electron chi connectivity index (χ2n) is 5.80. The predicted molar refractivity (Wildman–Crippen MR) is 92.8 cm³/mol. The van der Waals surface area contributed by atoms with Crippen LogP contribution >= 0.6 is 0 Å². The van der Waals surface area contributed by atoms with Gasteiger partial charge >= 0.3 is 0 Å². The summed E-state index contributed by atoms with van der Waals surface area (Å²) in [4.78, 5) is 12.1. The summed E-state index contributed by atoms with van der Waals surface area (Å²) < 4.78 is 11.3. The Kier molecular flexibility index (Phi) is 6.41. The fraction of sp³-hybridized carbons (Fsp3) is 0.421. The molecule has 0 saturated carbocycles. The summed E-state index contributed by atoms with van der Waals surface area (Å²) in [5.41, 5.74) is 0. The van der Waals surface area contributed by atoms with Gasteiger partial charge in [-0.15, -0.1) is 0 Å². The van der Waals surface area contributed by atoms with Gasteiger partial charge in [-0.25, -0.2) is 0 Å². The van der Waals surface area contributed by atoms with Crippen molar-refractivity contribution in [3.63, 3.8) is 0 Å². The molecule has 0 heterocycles. The highest BCUT2D eigenvalue weighted by Crippen LogP contribution is 2.25. The largest absolute Gasteiger partial charge is 0.480 e. The van der Waals surface area contributed by atoms with Gasteiger partial charge in [0.05, 0.1) is 6.10 Å². The van der Waals surface area contributed by atoms with E-state index in [0.717, 1.165) is 22.9 Å². The van der Waals surface area contributed by atoms with Crippen molar-refractivity contribution in [2.24, 2.45) is 0 Å². The minimum atomic E-state index is -0.535. The van der Waals surface area contributed by atoms with Gasteiger partial charge in [-0.2, -0.15) is 0 Å². The topological polar surface area (TPSA) is 47.6 Å². The van der Waals surface area contributed by atoms with Crippen molar-refractivity contribution >= 4 is 16.7 Å². The summed E-state index contributed by atoms with van der Waals surface area (Å²) in [6.07, 6.45) is 0.483. The quantitative estimate of drug-likeness (QED) is 0.758. The third-order valence-electron chi connectivity index (χ3n) is 3.49. The molecule has 0 unspecified atom stereocenters. The molecule has 2 aromatic rings. The van der Waals surface area contributed by atoms with Crippen molar-refractivity contribution in [3.05, 3.63) is 42.5 Å². The van der Waals surface area contributed by atoms with Crippen molar-refractivity contribution < 1.29 is 14.3 Å². The first-order valence-corrected chi connectivity index (χ1v) is 8.11. The zero-order chi connectivity index (χ0) is 16.7. The predicted octanol–water partition coefficient (Wildman–Crippen LogP) is 3.54. The normalized spacial score (nSPS) is 12.3. The SMILES string of the molecule is CC(C)OCCCNC(=O)[C@@H](C)Oc1cccc2ccccc12. The average molecular weight is 315 g/mol. The van der Waals surface area contributed by atoms with Crippen molar-refractivity contribution in [1.82, 2.24) is 5.32 Å². The van der Waals surface area contributed by atoms with Crippen LogP contribution in [0.2, 0.25) is 0 Å². The van der Waals surface area contributed by atoms with Crippen LogP contribution in [0.3, 0.4) is 0 Å². The Morgan fingerprint density at radius 3 is 2.61 bits per heavy atom. The average Bonchev–Trinajstić information content (AvgIpc) is 2.54. The van der Waals surface area contributed by atoms with Gasteiger partial charge in [0.25, 0.3) is 5.91 Å². The van der Waals surface area contributed by atoms with Gasteiger partial charge < -0.3 is 14.8 Å². The lowest BCUT2D eigenvalue weighted by Gasteiger charge is -2.16. The first-order valence-electron chi connectivity index (χ1n) is 8.11. The lowest BCUT2D eigenvalue weighted by atomic mass is 10.1. The molecule has 0 fully saturated rings. The standard InChI is InChI=1S/C19H25NO3/c1-14(2)22-13-7-12-20-19(21)15(3)23-18-11-6-9-16-8-4-5-10-17(16)18/h4-6,8-11,14-15H,7,12-13H2,1-3H3,(H,20,21)/t15-/m1/s1. The van der Waals surface area contributed by atoms with E-state index in [0.29, 0.717) is 13.2 Å². The summed E-state index contributed by atoms with van der Waals surface area (Å²) in [6, 6.07) is 13.8. The molecule has 0 aliphatic heterocycles. The molecule has 0 aromatic heterocycles. The number of carbonyl (C=O) groups is 1. The van der Waals surface area contributed by atoms with Crippen molar-refractivity contribution in [2.45, 2.75) is 39.4 Å². The molecule has 2 rings (SSSR count). The van der Waals surface area contributed by atoms with Crippen LogP contribution in [0.25, 0.3) is 10.8 Å². The Balaban J connectivity index is 1.85. The van der Waals surface area contributed by atoms with Gasteiger partial charge in [0, 0.05) is 18.5 Å². The van der Waals surface area contributed by atoms with Gasteiger partial charge in [-0.3, -0.25) is 4.79 Å². The maximum absolute atomic E-state index is 12.1. The second-order valence-corrected chi connectivity index (χ2v) is 5.80. The van der Waals surface area contributed by atoms with Crippen LogP contribution in [-0.4, -0.2) is 31.3 Å². The molecule has 0 radical (unpaired) electrons. The smallest absolute Gasteiger partial charge is 0.260 e. The molecule has 0 spiro atoms. The molecule has 1 atom stereocenters. The Bertz CT molecular complexity index is 634. The molecule has 1 amide bonds. The van der Waals surface area contributed by atoms with E-state index in [1.165, 1.54) is 0 Å². The summed E-state index contributed by atoms with van der Waals surface area (Å²) >= 11 is 0. The summed E-state index contributed by atoms with van der Waals surface area (Å²) in [5.74, 6) is 0.622. The Hall–Kier alpha value is -2.07. The Morgan fingerprint density at radius 1 is 1.09 bits per heavy atom. The van der Waals surface area contributed by atoms with E-state index in [1.54, 1.807) is 6.92 Å². The Labute approximate surface area is 137 Å². The van der Waals surface area contributed by atoms with Crippen LogP contribution < -0.4 is 10.1 Å². The van der Waals surface area contributed by atoms with Gasteiger partial charge in [0.2, 0.25) is 0 Å². The molecule has 23 heavy (non-hydrogen) atoms. The van der Waals surface area contributed by atoms with Gasteiger partial charge in [0.1, 0.15) is 5.75 Å². The van der Waals surface area contributed by atoms with Gasteiger partial charge in [0.15, 0.2) is 6.10 Å². The summed E-state index contributed by atoms with van der Waals surface area (Å²) in [7, 11) is 0. The lowest BCUT2D eigenvalue weighted by Crippen LogP contribution is -2.37. The monoisotopic (exact) mass is 315 g/mol. The third kappa shape index (κ3) is 5.25. The van der Waals surface area contributed by atoms with Crippen LogP contribution in [0, 0.1) is 0 Å². The number of ether oxygens (including phenoxy) is 2. The van der Waals surface area contributed by atoms with E-state index in [9.17, 15) is 4.79 Å². The molecule has 0 bridgehead atoms. The molecule has 124 valence electrons. The van der Waals surface area contributed by atoms with Crippen LogP contribution in [-0.2, 0) is 9.53 Å². The zero-order valence-electron chi connectivity index (χ0n) is 14.0. The van der Waals surface area contributed by atoms with Crippen LogP contribution in [0.15, 0.2) is 42.5 Å². The first kappa shape index (κ1) is 17.3. The molecule has 2 aromatic carbocycles. The van der Waals surface area contributed by atoms with E-state index >= 15 is 0 Å². The maximum atomic E-state index is 12.1. The number of nitrogens with one attached hydrogen (secondary N) is 1. The van der Waals surface area contributed by atoms with Crippen LogP contribution in [0.5, 0.6) is 5.75 Å². The Morgan fingerprint density at radius 2 is 1.83 bits per heavy atom. The lowest BCUT2D eigenvalue weighted by molar-refractivity contribution is -0.127. The highest BCUT2D eigenvalue weighted by atomic mass is 16.5. The van der Waals surface area contributed by atoms with Crippen molar-refractivity contribution in [3.8, 4) is 5.75 Å². The number of rotatable bonds is 8. The van der Waals surface area contributed by atoms with E-state index in [-0.39, 0.29) is 12.0 Å². The van der Waals surface area contributed by atoms with E-state index in [1.807, 2.05) is 56.3 Å². The van der Waals surface area contributed by atoms with Crippen LogP contribution in [0.1, 0.15) is 27.2 Å². The molecular weight excluding hydrogens is 290 g/mol. The summed E-state index contributed by atoms with van der Waals surface area (Å²) in [6.45, 7) is 7.00. The second kappa shape index (κ2) is 8.53. The van der Waals surface area contributed by atoms with Crippen molar-refractivity contribution in [2.75, 3.05) is 13.2 Å². The van der Waals surface area contributed by atoms with Crippen LogP contribution in [0.4, 0.5) is 0 Å². The zero-order valence-corrected chi connectivity index (χ0v) is 14.0. The number of benzene rings is 2. The van der Waals surface area contributed by atoms with E-state index < -0.39 is 6.10 Å². The molecule has 4 nitrogen and oxygen atoms in total. The number of carbonyl (C=O) groups excluding carboxylic acids is 1. The van der Waals surface area contributed by atoms with Crippen molar-refractivity contribution in [1.29, 1.82) is 0 Å². The first-order chi connectivity index (χ1) is 11.1. The number of fused-ring (bicyclic) bond motifs is 1. The maximum Gasteiger partial charge on any atom is 0.260 e. The number of hydrogen-bond donors (Lipinski definition) is 1. The minimum Gasteiger partial charge on any atom is -0.480 e. The van der Waals surface area contributed by atoms with Gasteiger partial charge in [-0.1, -0.05) is 36.4 Å². The van der Waals surface area contributed by atoms with E-state index in [2.05, 4.69) is 5.32 Å².